The maximum atomic E-state index is 5.74. The molecule has 15 heavy (non-hydrogen) atoms. The lowest BCUT2D eigenvalue weighted by Crippen LogP contribution is -1.87. The Bertz CT molecular complexity index is 460. The number of hydrogen-bond donors (Lipinski definition) is 1. The molecule has 0 aliphatic carbocycles. The molecule has 0 amide bonds. The van der Waals surface area contributed by atoms with E-state index < -0.39 is 0 Å². The topological polar surface area (TPSA) is 38.9 Å². The van der Waals surface area contributed by atoms with Gasteiger partial charge in [0.15, 0.2) is 0 Å². The van der Waals surface area contributed by atoms with Crippen molar-refractivity contribution in [3.8, 4) is 11.3 Å². The monoisotopic (exact) mass is 218 g/mol. The predicted molar refractivity (Wildman–Crippen MR) is 66.1 cm³/mol. The Balaban J connectivity index is 2.37. The molecule has 2 rings (SSSR count). The minimum atomic E-state index is 0.491. The van der Waals surface area contributed by atoms with E-state index in [0.29, 0.717) is 5.92 Å². The lowest BCUT2D eigenvalue weighted by atomic mass is 10.1. The average Bonchev–Trinajstić information content (AvgIpc) is 2.66. The van der Waals surface area contributed by atoms with Gasteiger partial charge in [-0.3, -0.25) is 0 Å². The van der Waals surface area contributed by atoms with E-state index in [9.17, 15) is 0 Å². The van der Waals surface area contributed by atoms with E-state index in [0.717, 1.165) is 16.9 Å². The summed E-state index contributed by atoms with van der Waals surface area (Å²) in [4.78, 5) is 4.58. The van der Waals surface area contributed by atoms with Crippen molar-refractivity contribution < 1.29 is 0 Å². The van der Waals surface area contributed by atoms with E-state index in [1.807, 2.05) is 24.3 Å². The van der Waals surface area contributed by atoms with Gasteiger partial charge in [0, 0.05) is 22.5 Å². The lowest BCUT2D eigenvalue weighted by molar-refractivity contribution is 0.853. The Labute approximate surface area is 93.8 Å². The van der Waals surface area contributed by atoms with E-state index in [4.69, 9.17) is 5.73 Å². The molecule has 0 spiro atoms. The Morgan fingerprint density at radius 2 is 2.13 bits per heavy atom. The number of hydrogen-bond acceptors (Lipinski definition) is 3. The van der Waals surface area contributed by atoms with Crippen LogP contribution in [0.3, 0.4) is 0 Å². The van der Waals surface area contributed by atoms with Crippen LogP contribution in [0.4, 0.5) is 5.69 Å². The van der Waals surface area contributed by atoms with E-state index in [-0.39, 0.29) is 0 Å². The Morgan fingerprint density at radius 3 is 2.73 bits per heavy atom. The molecule has 78 valence electrons. The smallest absolute Gasteiger partial charge is 0.0958 e. The fourth-order valence-electron chi connectivity index (χ4n) is 1.38. The molecule has 1 aromatic carbocycles. The van der Waals surface area contributed by atoms with Gasteiger partial charge in [-0.1, -0.05) is 26.0 Å². The highest BCUT2D eigenvalue weighted by Gasteiger charge is 2.07. The number of nitrogens with two attached hydrogens (primary N) is 1. The van der Waals surface area contributed by atoms with Crippen molar-refractivity contribution in [1.29, 1.82) is 0 Å². The summed E-state index contributed by atoms with van der Waals surface area (Å²) in [5.41, 5.74) is 8.64. The molecule has 0 bridgehead atoms. The van der Waals surface area contributed by atoms with Crippen LogP contribution in [-0.4, -0.2) is 4.98 Å². The number of rotatable bonds is 2. The first kappa shape index (κ1) is 10.2. The minimum absolute atomic E-state index is 0.491. The van der Waals surface area contributed by atoms with Gasteiger partial charge in [-0.05, 0) is 12.1 Å². The van der Waals surface area contributed by atoms with Crippen molar-refractivity contribution in [2.24, 2.45) is 0 Å². The van der Waals surface area contributed by atoms with Crippen LogP contribution in [0.2, 0.25) is 0 Å². The molecule has 0 fully saturated rings. The van der Waals surface area contributed by atoms with Gasteiger partial charge in [-0.15, -0.1) is 11.3 Å². The highest BCUT2D eigenvalue weighted by molar-refractivity contribution is 7.10. The van der Waals surface area contributed by atoms with Crippen LogP contribution in [0.25, 0.3) is 11.3 Å². The average molecular weight is 218 g/mol. The van der Waals surface area contributed by atoms with Crippen LogP contribution >= 0.6 is 11.3 Å². The summed E-state index contributed by atoms with van der Waals surface area (Å²) in [6.07, 6.45) is 0. The second-order valence-electron chi connectivity index (χ2n) is 3.85. The number of thiazole rings is 1. The third-order valence-corrected chi connectivity index (χ3v) is 3.34. The summed E-state index contributed by atoms with van der Waals surface area (Å²) in [7, 11) is 0. The summed E-state index contributed by atoms with van der Waals surface area (Å²) in [6, 6.07) is 7.84. The zero-order valence-corrected chi connectivity index (χ0v) is 9.71. The molecule has 2 aromatic rings. The van der Waals surface area contributed by atoms with Crippen LogP contribution in [0.15, 0.2) is 29.6 Å². The number of benzene rings is 1. The van der Waals surface area contributed by atoms with Gasteiger partial charge in [-0.2, -0.15) is 0 Å². The van der Waals surface area contributed by atoms with Crippen LogP contribution in [0, 0.1) is 0 Å². The summed E-state index contributed by atoms with van der Waals surface area (Å²) >= 11 is 1.71. The van der Waals surface area contributed by atoms with Crippen molar-refractivity contribution in [1.82, 2.24) is 4.98 Å². The van der Waals surface area contributed by atoms with Gasteiger partial charge in [0.05, 0.1) is 10.7 Å². The van der Waals surface area contributed by atoms with Crippen molar-refractivity contribution in [3.63, 3.8) is 0 Å². The third kappa shape index (κ3) is 2.18. The Kier molecular flexibility index (Phi) is 2.73. The van der Waals surface area contributed by atoms with Gasteiger partial charge in [0.2, 0.25) is 0 Å². The Morgan fingerprint density at radius 1 is 1.33 bits per heavy atom. The largest absolute Gasteiger partial charge is 0.399 e. The summed E-state index contributed by atoms with van der Waals surface area (Å²) < 4.78 is 0. The molecular formula is C12H14N2S. The molecule has 0 aliphatic rings. The highest BCUT2D eigenvalue weighted by atomic mass is 32.1. The number of nitrogens with zero attached hydrogens (tertiary/aromatic N) is 1. The second-order valence-corrected chi connectivity index (χ2v) is 4.74. The highest BCUT2D eigenvalue weighted by Crippen LogP contribution is 2.26. The van der Waals surface area contributed by atoms with Gasteiger partial charge >= 0.3 is 0 Å². The van der Waals surface area contributed by atoms with Gasteiger partial charge in [-0.25, -0.2) is 4.98 Å². The van der Waals surface area contributed by atoms with Gasteiger partial charge < -0.3 is 5.73 Å². The predicted octanol–water partition coefficient (Wildman–Crippen LogP) is 3.52. The molecule has 2 N–H and O–H groups in total. The standard InChI is InChI=1S/C12H14N2S/c1-8(2)12-14-11(7-15-12)9-4-3-5-10(13)6-9/h3-8H,13H2,1-2H3. The molecule has 0 unspecified atom stereocenters. The molecule has 2 nitrogen and oxygen atoms in total. The van der Waals surface area contributed by atoms with Crippen LogP contribution in [0.5, 0.6) is 0 Å². The molecule has 0 atom stereocenters. The summed E-state index contributed by atoms with van der Waals surface area (Å²) in [5, 5.41) is 3.26. The minimum Gasteiger partial charge on any atom is -0.399 e. The van der Waals surface area contributed by atoms with Crippen LogP contribution in [0.1, 0.15) is 24.8 Å². The van der Waals surface area contributed by atoms with Crippen molar-refractivity contribution in [2.75, 3.05) is 5.73 Å². The van der Waals surface area contributed by atoms with Crippen LogP contribution < -0.4 is 5.73 Å². The fraction of sp³-hybridized carbons (Fsp3) is 0.250. The zero-order chi connectivity index (χ0) is 10.8. The molecule has 1 heterocycles. The molecule has 0 radical (unpaired) electrons. The SMILES string of the molecule is CC(C)c1nc(-c2cccc(N)c2)cs1. The molecule has 0 saturated carbocycles. The van der Waals surface area contributed by atoms with Crippen molar-refractivity contribution >= 4 is 17.0 Å². The quantitative estimate of drug-likeness (QED) is 0.783. The van der Waals surface area contributed by atoms with E-state index >= 15 is 0 Å². The van der Waals surface area contributed by atoms with Crippen molar-refractivity contribution in [2.45, 2.75) is 19.8 Å². The van der Waals surface area contributed by atoms with Gasteiger partial charge in [0.25, 0.3) is 0 Å². The van der Waals surface area contributed by atoms with Gasteiger partial charge in [0.1, 0.15) is 0 Å². The molecule has 1 aromatic heterocycles. The molecule has 0 saturated heterocycles. The number of nitrogen functional groups attached to an aromatic ring is 1. The fourth-order valence-corrected chi connectivity index (χ4v) is 2.23. The lowest BCUT2D eigenvalue weighted by Gasteiger charge is -1.99. The second kappa shape index (κ2) is 4.03. The summed E-state index contributed by atoms with van der Waals surface area (Å²) in [5.74, 6) is 0.491. The third-order valence-electron chi connectivity index (χ3n) is 2.20. The first-order valence-corrected chi connectivity index (χ1v) is 5.86. The zero-order valence-electron chi connectivity index (χ0n) is 8.90. The molecule has 0 aliphatic heterocycles. The first-order valence-electron chi connectivity index (χ1n) is 4.98. The summed E-state index contributed by atoms with van der Waals surface area (Å²) in [6.45, 7) is 4.31. The Hall–Kier alpha value is -1.35. The maximum Gasteiger partial charge on any atom is 0.0958 e. The van der Waals surface area contributed by atoms with Crippen LogP contribution in [-0.2, 0) is 0 Å². The van der Waals surface area contributed by atoms with Crippen molar-refractivity contribution in [3.05, 3.63) is 34.7 Å². The maximum absolute atomic E-state index is 5.74. The molecular weight excluding hydrogens is 204 g/mol. The molecule has 3 heteroatoms. The number of aromatic nitrogens is 1. The first-order chi connectivity index (χ1) is 7.16. The van der Waals surface area contributed by atoms with E-state index in [1.54, 1.807) is 11.3 Å². The normalized spacial score (nSPS) is 10.9. The number of anilines is 1. The van der Waals surface area contributed by atoms with E-state index in [1.165, 1.54) is 5.01 Å². The van der Waals surface area contributed by atoms with E-state index in [2.05, 4.69) is 24.2 Å².